The highest BCUT2D eigenvalue weighted by atomic mass is 28.4. The van der Waals surface area contributed by atoms with Crippen molar-refractivity contribution in [2.24, 2.45) is 11.8 Å². The number of carbonyl (C=O) groups is 2. The first-order chi connectivity index (χ1) is 17.9. The molecule has 0 amide bonds. The third-order valence-corrected chi connectivity index (χ3v) is 13.9. The van der Waals surface area contributed by atoms with E-state index >= 15 is 0 Å². The van der Waals surface area contributed by atoms with Crippen molar-refractivity contribution >= 4 is 28.4 Å². The smallest absolute Gasteiger partial charge is 0.305 e. The van der Waals surface area contributed by atoms with Crippen LogP contribution in [-0.2, 0) is 23.2 Å². The second-order valence-electron chi connectivity index (χ2n) is 12.3. The second-order valence-corrected chi connectivity index (χ2v) is 21.5. The number of allylic oxidation sites excluding steroid dienone is 2. The molecule has 0 aromatic carbocycles. The first-order valence-electron chi connectivity index (χ1n) is 15.2. The minimum atomic E-state index is -1.83. The first kappa shape index (κ1) is 35.0. The van der Waals surface area contributed by atoms with Crippen LogP contribution in [0, 0.1) is 11.8 Å². The highest BCUT2D eigenvalue weighted by Gasteiger charge is 2.44. The van der Waals surface area contributed by atoms with Gasteiger partial charge in [0, 0.05) is 24.7 Å². The molecule has 1 aliphatic carbocycles. The van der Waals surface area contributed by atoms with Crippen molar-refractivity contribution in [3.8, 4) is 0 Å². The summed E-state index contributed by atoms with van der Waals surface area (Å²) < 4.78 is 18.3. The van der Waals surface area contributed by atoms with Gasteiger partial charge >= 0.3 is 5.97 Å². The molecule has 0 spiro atoms. The molecule has 1 saturated carbocycles. The molecule has 220 valence electrons. The minimum Gasteiger partial charge on any atom is -0.469 e. The third kappa shape index (κ3) is 12.0. The standard InChI is InChI=1S/C31H58O5Si2/c1-10-14-23-31(5,36-37(7,8)9)24-19-21-27-26(20-17-15-16-18-22-30(33)34-6)28(32)25-29(27)35-38(11-2,12-3)13-4/h15-16,19,21,26-27,29H,10-14,17-18,20,22-25H2,1-9H3/b16-15+,21-19+/t26-,27-,29-,31?/m1/s1. The van der Waals surface area contributed by atoms with Gasteiger partial charge in [-0.3, -0.25) is 9.59 Å². The van der Waals surface area contributed by atoms with Crippen LogP contribution in [0.25, 0.3) is 0 Å². The third-order valence-electron chi connectivity index (χ3n) is 8.12. The number of hydrogen-bond donors (Lipinski definition) is 0. The van der Waals surface area contributed by atoms with E-state index in [9.17, 15) is 9.59 Å². The molecule has 5 nitrogen and oxygen atoms in total. The summed E-state index contributed by atoms with van der Waals surface area (Å²) in [6.07, 6.45) is 16.2. The zero-order valence-corrected chi connectivity index (χ0v) is 28.1. The largest absolute Gasteiger partial charge is 0.469 e. The summed E-state index contributed by atoms with van der Waals surface area (Å²) in [4.78, 5) is 24.6. The lowest BCUT2D eigenvalue weighted by atomic mass is 9.88. The van der Waals surface area contributed by atoms with E-state index in [0.29, 0.717) is 25.0 Å². The predicted octanol–water partition coefficient (Wildman–Crippen LogP) is 8.62. The van der Waals surface area contributed by atoms with E-state index in [2.05, 4.69) is 72.5 Å². The molecule has 1 fully saturated rings. The Bertz CT molecular complexity index is 760. The molecule has 0 saturated heterocycles. The van der Waals surface area contributed by atoms with Crippen molar-refractivity contribution in [1.29, 1.82) is 0 Å². The van der Waals surface area contributed by atoms with E-state index in [1.54, 1.807) is 0 Å². The molecule has 0 aromatic heterocycles. The van der Waals surface area contributed by atoms with Crippen molar-refractivity contribution < 1.29 is 23.2 Å². The number of methoxy groups -OCH3 is 1. The van der Waals surface area contributed by atoms with Crippen molar-refractivity contribution in [2.75, 3.05) is 7.11 Å². The Morgan fingerprint density at radius 1 is 1.03 bits per heavy atom. The minimum absolute atomic E-state index is 0.0152. The van der Waals surface area contributed by atoms with Gasteiger partial charge in [0.1, 0.15) is 5.78 Å². The fourth-order valence-electron chi connectivity index (χ4n) is 5.79. The maximum Gasteiger partial charge on any atom is 0.305 e. The van der Waals surface area contributed by atoms with E-state index in [1.807, 2.05) is 6.08 Å². The lowest BCUT2D eigenvalue weighted by Crippen LogP contribution is -2.41. The Morgan fingerprint density at radius 2 is 1.66 bits per heavy atom. The lowest BCUT2D eigenvalue weighted by molar-refractivity contribution is -0.140. The Hall–Kier alpha value is -1.03. The molecule has 4 atom stereocenters. The van der Waals surface area contributed by atoms with Crippen LogP contribution in [-0.4, -0.2) is 47.2 Å². The lowest BCUT2D eigenvalue weighted by Gasteiger charge is -2.36. The molecule has 38 heavy (non-hydrogen) atoms. The van der Waals surface area contributed by atoms with Gasteiger partial charge in [0.25, 0.3) is 0 Å². The molecule has 0 heterocycles. The maximum atomic E-state index is 13.3. The fraction of sp³-hybridized carbons (Fsp3) is 0.806. The normalized spacial score (nSPS) is 22.4. The summed E-state index contributed by atoms with van der Waals surface area (Å²) in [6.45, 7) is 18.0. The van der Waals surface area contributed by atoms with Gasteiger partial charge in [0.05, 0.1) is 18.8 Å². The second kappa shape index (κ2) is 16.9. The van der Waals surface area contributed by atoms with E-state index in [1.165, 1.54) is 7.11 Å². The molecule has 0 radical (unpaired) electrons. The number of ketones is 1. The van der Waals surface area contributed by atoms with Crippen molar-refractivity contribution in [1.82, 2.24) is 0 Å². The van der Waals surface area contributed by atoms with E-state index < -0.39 is 16.6 Å². The van der Waals surface area contributed by atoms with Crippen molar-refractivity contribution in [3.63, 3.8) is 0 Å². The molecule has 1 aliphatic rings. The quantitative estimate of drug-likeness (QED) is 0.0889. The van der Waals surface area contributed by atoms with Crippen molar-refractivity contribution in [2.45, 2.75) is 142 Å². The molecule has 0 aliphatic heterocycles. The predicted molar refractivity (Wildman–Crippen MR) is 164 cm³/mol. The molecule has 1 unspecified atom stereocenters. The fourth-order valence-corrected chi connectivity index (χ4v) is 10.3. The van der Waals surface area contributed by atoms with Gasteiger partial charge in [-0.25, -0.2) is 0 Å². The number of unbranched alkanes of at least 4 members (excludes halogenated alkanes) is 1. The van der Waals surface area contributed by atoms with Gasteiger partial charge < -0.3 is 13.6 Å². The van der Waals surface area contributed by atoms with Crippen LogP contribution in [0.4, 0.5) is 0 Å². The molecular weight excluding hydrogens is 509 g/mol. The molecule has 7 heteroatoms. The topological polar surface area (TPSA) is 61.8 Å². The Morgan fingerprint density at radius 3 is 2.21 bits per heavy atom. The number of ether oxygens (including phenoxy) is 1. The van der Waals surface area contributed by atoms with E-state index in [-0.39, 0.29) is 29.5 Å². The van der Waals surface area contributed by atoms with Crippen LogP contribution >= 0.6 is 0 Å². The van der Waals surface area contributed by atoms with E-state index in [0.717, 1.165) is 56.7 Å². The zero-order valence-electron chi connectivity index (χ0n) is 26.1. The van der Waals surface area contributed by atoms with Gasteiger partial charge in [-0.1, -0.05) is 64.8 Å². The maximum absolute atomic E-state index is 13.3. The highest BCUT2D eigenvalue weighted by Crippen LogP contribution is 2.39. The van der Waals surface area contributed by atoms with Crippen LogP contribution in [0.3, 0.4) is 0 Å². The van der Waals surface area contributed by atoms with Crippen LogP contribution in [0.2, 0.25) is 37.8 Å². The monoisotopic (exact) mass is 566 g/mol. The Kier molecular flexibility index (Phi) is 15.6. The van der Waals surface area contributed by atoms with Crippen LogP contribution in [0.5, 0.6) is 0 Å². The number of hydrogen-bond acceptors (Lipinski definition) is 5. The average Bonchev–Trinajstić information content (AvgIpc) is 3.15. The van der Waals surface area contributed by atoms with Gasteiger partial charge in [0.15, 0.2) is 16.6 Å². The highest BCUT2D eigenvalue weighted by molar-refractivity contribution is 6.73. The van der Waals surface area contributed by atoms with Gasteiger partial charge in [-0.2, -0.15) is 0 Å². The summed E-state index contributed by atoms with van der Waals surface area (Å²) >= 11 is 0. The number of carbonyl (C=O) groups excluding carboxylic acids is 2. The number of rotatable bonds is 19. The van der Waals surface area contributed by atoms with Crippen LogP contribution in [0.1, 0.15) is 92.4 Å². The molecule has 0 aromatic rings. The van der Waals surface area contributed by atoms with Crippen LogP contribution in [0.15, 0.2) is 24.3 Å². The first-order valence-corrected chi connectivity index (χ1v) is 21.1. The van der Waals surface area contributed by atoms with Gasteiger partial charge in [-0.15, -0.1) is 0 Å². The molecule has 0 bridgehead atoms. The molecular formula is C31H58O5Si2. The molecule has 0 N–H and O–H groups in total. The van der Waals surface area contributed by atoms with Gasteiger partial charge in [0.2, 0.25) is 0 Å². The number of Topliss-reactive ketones (excluding diaryl/α,β-unsaturated/α-hetero) is 1. The average molecular weight is 567 g/mol. The van der Waals surface area contributed by atoms with Crippen molar-refractivity contribution in [3.05, 3.63) is 24.3 Å². The van der Waals surface area contributed by atoms with E-state index in [4.69, 9.17) is 13.6 Å². The zero-order chi connectivity index (χ0) is 28.8. The number of esters is 1. The Labute approximate surface area is 236 Å². The molecule has 1 rings (SSSR count). The summed E-state index contributed by atoms with van der Waals surface area (Å²) in [6, 6.07) is 3.27. The summed E-state index contributed by atoms with van der Waals surface area (Å²) in [5.74, 6) is 0.250. The summed E-state index contributed by atoms with van der Waals surface area (Å²) in [5, 5.41) is 0. The summed E-state index contributed by atoms with van der Waals surface area (Å²) in [5.41, 5.74) is -0.164. The Balaban J connectivity index is 3.08. The van der Waals surface area contributed by atoms with Crippen LogP contribution < -0.4 is 0 Å². The summed E-state index contributed by atoms with van der Waals surface area (Å²) in [7, 11) is -2.11. The SMILES string of the molecule is CCCCC(C)(C/C=C/[C@H]1[C@H](O[Si](CC)(CC)CC)CC(=O)[C@@H]1CC/C=C/CCC(=O)OC)O[Si](C)(C)C. The van der Waals surface area contributed by atoms with Gasteiger partial charge in [-0.05, 0) is 76.8 Å².